The van der Waals surface area contributed by atoms with Crippen LogP contribution in [0.15, 0.2) is 18.2 Å². The van der Waals surface area contributed by atoms with Crippen molar-refractivity contribution in [2.45, 2.75) is 20.8 Å². The molecule has 0 saturated carbocycles. The highest BCUT2D eigenvalue weighted by molar-refractivity contribution is 7.17. The Hall–Kier alpha value is -2.98. The number of aryl methyl sites for hydroxylation is 2. The van der Waals surface area contributed by atoms with Crippen molar-refractivity contribution in [2.75, 3.05) is 36.5 Å². The highest BCUT2D eigenvalue weighted by Gasteiger charge is 2.21. The molecule has 0 aliphatic carbocycles. The molecule has 3 rings (SSSR count). The lowest BCUT2D eigenvalue weighted by molar-refractivity contribution is -0.114. The summed E-state index contributed by atoms with van der Waals surface area (Å²) in [4.78, 5) is 43.2. The maximum Gasteiger partial charge on any atom is 0.281 e. The van der Waals surface area contributed by atoms with Gasteiger partial charge in [-0.15, -0.1) is 0 Å². The third kappa shape index (κ3) is 5.09. The summed E-state index contributed by atoms with van der Waals surface area (Å²) in [5, 5.41) is 3.44. The van der Waals surface area contributed by atoms with Gasteiger partial charge in [0, 0.05) is 31.3 Å². The zero-order valence-corrected chi connectivity index (χ0v) is 17.3. The first-order valence-electron chi connectivity index (χ1n) is 9.14. The lowest BCUT2D eigenvalue weighted by atomic mass is 10.1. The molecule has 1 fully saturated rings. The van der Waals surface area contributed by atoms with Crippen LogP contribution in [-0.2, 0) is 9.53 Å². The smallest absolute Gasteiger partial charge is 0.281 e. The summed E-state index contributed by atoms with van der Waals surface area (Å²) < 4.78 is 5.33. The molecule has 10 heteroatoms. The van der Waals surface area contributed by atoms with E-state index in [0.29, 0.717) is 35.0 Å². The number of anilines is 2. The fraction of sp³-hybridized carbons (Fsp3) is 0.368. The van der Waals surface area contributed by atoms with E-state index in [0.717, 1.165) is 23.8 Å². The molecular formula is C19H23N5O4S. The van der Waals surface area contributed by atoms with E-state index in [-0.39, 0.29) is 5.91 Å². The lowest BCUT2D eigenvalue weighted by Gasteiger charge is -2.25. The maximum atomic E-state index is 12.5. The number of aromatic nitrogens is 1. The van der Waals surface area contributed by atoms with Gasteiger partial charge in [0.1, 0.15) is 4.88 Å². The van der Waals surface area contributed by atoms with Crippen LogP contribution < -0.4 is 21.1 Å². The second kappa shape index (κ2) is 9.01. The van der Waals surface area contributed by atoms with E-state index < -0.39 is 11.8 Å². The molecule has 0 radical (unpaired) electrons. The third-order valence-corrected chi connectivity index (χ3v) is 5.59. The van der Waals surface area contributed by atoms with Gasteiger partial charge in [-0.2, -0.15) is 0 Å². The summed E-state index contributed by atoms with van der Waals surface area (Å²) in [7, 11) is 0. The topological polar surface area (TPSA) is 113 Å². The second-order valence-corrected chi connectivity index (χ2v) is 7.61. The summed E-state index contributed by atoms with van der Waals surface area (Å²) in [6, 6.07) is 4.91. The van der Waals surface area contributed by atoms with Crippen molar-refractivity contribution >= 4 is 39.9 Å². The normalized spacial score (nSPS) is 13.7. The third-order valence-electron chi connectivity index (χ3n) is 4.37. The van der Waals surface area contributed by atoms with Crippen molar-refractivity contribution < 1.29 is 19.1 Å². The maximum absolute atomic E-state index is 12.5. The molecule has 1 saturated heterocycles. The van der Waals surface area contributed by atoms with Gasteiger partial charge < -0.3 is 15.0 Å². The molecule has 2 aromatic rings. The first-order chi connectivity index (χ1) is 13.8. The van der Waals surface area contributed by atoms with E-state index in [2.05, 4.69) is 26.1 Å². The largest absolute Gasteiger partial charge is 0.378 e. The van der Waals surface area contributed by atoms with E-state index in [1.165, 1.54) is 18.3 Å². The Labute approximate surface area is 172 Å². The van der Waals surface area contributed by atoms with Crippen molar-refractivity contribution in [1.82, 2.24) is 15.8 Å². The SMILES string of the molecule is CC(=O)Nc1cc(C(=O)NNC(=O)c2sc(N3CCOCC3)nc2C)ccc1C. The number of nitrogens with zero attached hydrogens (tertiary/aromatic N) is 2. The number of morpholine rings is 1. The van der Waals surface area contributed by atoms with Gasteiger partial charge in [-0.3, -0.25) is 25.2 Å². The van der Waals surface area contributed by atoms with Crippen molar-refractivity contribution in [3.8, 4) is 0 Å². The van der Waals surface area contributed by atoms with E-state index in [4.69, 9.17) is 4.74 Å². The molecule has 9 nitrogen and oxygen atoms in total. The second-order valence-electron chi connectivity index (χ2n) is 6.63. The molecule has 1 aromatic carbocycles. The predicted molar refractivity (Wildman–Crippen MR) is 110 cm³/mol. The van der Waals surface area contributed by atoms with Crippen molar-refractivity contribution in [3.63, 3.8) is 0 Å². The number of rotatable bonds is 4. The van der Waals surface area contributed by atoms with Gasteiger partial charge in [0.15, 0.2) is 5.13 Å². The number of ether oxygens (including phenoxy) is 1. The van der Waals surface area contributed by atoms with Gasteiger partial charge >= 0.3 is 0 Å². The van der Waals surface area contributed by atoms with E-state index in [9.17, 15) is 14.4 Å². The van der Waals surface area contributed by atoms with Crippen molar-refractivity contribution in [2.24, 2.45) is 0 Å². The molecular weight excluding hydrogens is 394 g/mol. The van der Waals surface area contributed by atoms with Crippen LogP contribution in [-0.4, -0.2) is 49.0 Å². The molecule has 0 atom stereocenters. The van der Waals surface area contributed by atoms with Gasteiger partial charge in [0.25, 0.3) is 11.8 Å². The van der Waals surface area contributed by atoms with E-state index >= 15 is 0 Å². The van der Waals surface area contributed by atoms with E-state index in [1.54, 1.807) is 25.1 Å². The van der Waals surface area contributed by atoms with Gasteiger partial charge in [0.2, 0.25) is 5.91 Å². The highest BCUT2D eigenvalue weighted by atomic mass is 32.1. The molecule has 154 valence electrons. The number of hydrogen-bond donors (Lipinski definition) is 3. The van der Waals surface area contributed by atoms with Crippen LogP contribution in [0.25, 0.3) is 0 Å². The standard InChI is InChI=1S/C19H23N5O4S/c1-11-4-5-14(10-15(11)21-13(3)25)17(26)22-23-18(27)16-12(2)20-19(29-16)24-6-8-28-9-7-24/h4-5,10H,6-9H2,1-3H3,(H,21,25)(H,22,26)(H,23,27). The van der Waals surface area contributed by atoms with Gasteiger partial charge in [-0.05, 0) is 31.5 Å². The number of benzene rings is 1. The molecule has 0 spiro atoms. The molecule has 1 aromatic heterocycles. The van der Waals surface area contributed by atoms with Crippen LogP contribution in [0.4, 0.5) is 10.8 Å². The first-order valence-corrected chi connectivity index (χ1v) is 9.96. The number of hydrazine groups is 1. The molecule has 3 amide bonds. The summed E-state index contributed by atoms with van der Waals surface area (Å²) in [6.45, 7) is 7.71. The lowest BCUT2D eigenvalue weighted by Crippen LogP contribution is -2.41. The Morgan fingerprint density at radius 2 is 1.79 bits per heavy atom. The summed E-state index contributed by atoms with van der Waals surface area (Å²) >= 11 is 1.28. The van der Waals surface area contributed by atoms with Crippen LogP contribution in [0, 0.1) is 13.8 Å². The highest BCUT2D eigenvalue weighted by Crippen LogP contribution is 2.26. The number of nitrogens with one attached hydrogen (secondary N) is 3. The fourth-order valence-corrected chi connectivity index (χ4v) is 3.83. The molecule has 0 unspecified atom stereocenters. The molecule has 3 N–H and O–H groups in total. The number of carbonyl (C=O) groups is 3. The minimum atomic E-state index is -0.486. The molecule has 1 aliphatic heterocycles. The summed E-state index contributed by atoms with van der Waals surface area (Å²) in [5.41, 5.74) is 7.13. The Morgan fingerprint density at radius 1 is 1.10 bits per heavy atom. The van der Waals surface area contributed by atoms with Crippen LogP contribution in [0.2, 0.25) is 0 Å². The number of amides is 3. The Kier molecular flexibility index (Phi) is 6.45. The Balaban J connectivity index is 1.64. The zero-order chi connectivity index (χ0) is 21.0. The Bertz CT molecular complexity index is 937. The quantitative estimate of drug-likeness (QED) is 0.652. The molecule has 0 bridgehead atoms. The van der Waals surface area contributed by atoms with Crippen LogP contribution >= 0.6 is 11.3 Å². The average molecular weight is 417 g/mol. The monoisotopic (exact) mass is 417 g/mol. The van der Waals surface area contributed by atoms with Gasteiger partial charge in [0.05, 0.1) is 18.9 Å². The Morgan fingerprint density at radius 3 is 2.48 bits per heavy atom. The zero-order valence-electron chi connectivity index (χ0n) is 16.5. The van der Waals surface area contributed by atoms with Crippen LogP contribution in [0.1, 0.15) is 38.2 Å². The first kappa shape index (κ1) is 20.7. The van der Waals surface area contributed by atoms with Crippen LogP contribution in [0.5, 0.6) is 0 Å². The number of carbonyl (C=O) groups excluding carboxylic acids is 3. The number of thiazole rings is 1. The van der Waals surface area contributed by atoms with Crippen molar-refractivity contribution in [1.29, 1.82) is 0 Å². The van der Waals surface area contributed by atoms with E-state index in [1.807, 2.05) is 6.92 Å². The molecule has 2 heterocycles. The molecule has 1 aliphatic rings. The minimum Gasteiger partial charge on any atom is -0.378 e. The van der Waals surface area contributed by atoms with Gasteiger partial charge in [-0.1, -0.05) is 17.4 Å². The summed E-state index contributed by atoms with van der Waals surface area (Å²) in [6.07, 6.45) is 0. The molecule has 29 heavy (non-hydrogen) atoms. The number of hydrogen-bond acceptors (Lipinski definition) is 7. The fourth-order valence-electron chi connectivity index (χ4n) is 2.81. The van der Waals surface area contributed by atoms with Crippen molar-refractivity contribution in [3.05, 3.63) is 39.9 Å². The summed E-state index contributed by atoms with van der Waals surface area (Å²) in [5.74, 6) is -1.14. The predicted octanol–water partition coefficient (Wildman–Crippen LogP) is 1.63. The minimum absolute atomic E-state index is 0.226. The van der Waals surface area contributed by atoms with Crippen LogP contribution in [0.3, 0.4) is 0 Å². The van der Waals surface area contributed by atoms with Gasteiger partial charge in [-0.25, -0.2) is 4.98 Å². The average Bonchev–Trinajstić information content (AvgIpc) is 3.09.